The standard InChI is InChI=1S/C9H10N4O3S/c1-15-8(14)2-6-4-17-9(12-6)10-3-7-11-5-16-13-7/h4-5H,2-3H2,1H3,(H,10,12). The average Bonchev–Trinajstić information content (AvgIpc) is 2.97. The molecule has 0 amide bonds. The molecule has 1 N–H and O–H groups in total. The molecule has 0 bridgehead atoms. The minimum atomic E-state index is -0.306. The van der Waals surface area contributed by atoms with Crippen molar-refractivity contribution in [1.82, 2.24) is 15.1 Å². The lowest BCUT2D eigenvalue weighted by Gasteiger charge is -1.97. The summed E-state index contributed by atoms with van der Waals surface area (Å²) in [7, 11) is 1.35. The molecule has 0 radical (unpaired) electrons. The molecule has 2 heterocycles. The van der Waals surface area contributed by atoms with Crippen LogP contribution in [0, 0.1) is 0 Å². The van der Waals surface area contributed by atoms with E-state index < -0.39 is 0 Å². The van der Waals surface area contributed by atoms with Gasteiger partial charge in [-0.15, -0.1) is 11.3 Å². The fourth-order valence-corrected chi connectivity index (χ4v) is 1.82. The molecule has 0 aromatic carbocycles. The number of methoxy groups -OCH3 is 1. The minimum absolute atomic E-state index is 0.177. The number of nitrogens with zero attached hydrogens (tertiary/aromatic N) is 3. The summed E-state index contributed by atoms with van der Waals surface area (Å²) in [6.07, 6.45) is 1.44. The quantitative estimate of drug-likeness (QED) is 0.791. The average molecular weight is 254 g/mol. The predicted molar refractivity (Wildman–Crippen MR) is 59.5 cm³/mol. The molecule has 2 rings (SSSR count). The Bertz CT molecular complexity index is 482. The van der Waals surface area contributed by atoms with Crippen LogP contribution in [0.3, 0.4) is 0 Å². The van der Waals surface area contributed by atoms with Crippen LogP contribution in [0.25, 0.3) is 0 Å². The highest BCUT2D eigenvalue weighted by Crippen LogP contribution is 2.16. The number of hydrogen-bond acceptors (Lipinski definition) is 8. The topological polar surface area (TPSA) is 90.1 Å². The van der Waals surface area contributed by atoms with Gasteiger partial charge in [0, 0.05) is 5.38 Å². The number of carbonyl (C=O) groups is 1. The van der Waals surface area contributed by atoms with E-state index in [9.17, 15) is 4.79 Å². The second-order valence-electron chi connectivity index (χ2n) is 3.10. The van der Waals surface area contributed by atoms with Crippen LogP contribution < -0.4 is 5.32 Å². The van der Waals surface area contributed by atoms with Crippen molar-refractivity contribution in [2.24, 2.45) is 0 Å². The van der Waals surface area contributed by atoms with Gasteiger partial charge in [0.2, 0.25) is 6.39 Å². The number of nitrogens with one attached hydrogen (secondary N) is 1. The Balaban J connectivity index is 1.88. The molecule has 90 valence electrons. The summed E-state index contributed by atoms with van der Waals surface area (Å²) >= 11 is 1.41. The van der Waals surface area contributed by atoms with E-state index in [1.165, 1.54) is 24.8 Å². The summed E-state index contributed by atoms with van der Waals surface area (Å²) < 4.78 is 9.15. The van der Waals surface area contributed by atoms with Gasteiger partial charge in [-0.2, -0.15) is 4.98 Å². The van der Waals surface area contributed by atoms with Crippen LogP contribution in [0.4, 0.5) is 5.13 Å². The lowest BCUT2D eigenvalue weighted by molar-refractivity contribution is -0.139. The fourth-order valence-electron chi connectivity index (χ4n) is 1.11. The smallest absolute Gasteiger partial charge is 0.311 e. The van der Waals surface area contributed by atoms with Crippen molar-refractivity contribution in [1.29, 1.82) is 0 Å². The number of aromatic nitrogens is 3. The van der Waals surface area contributed by atoms with E-state index in [1.54, 1.807) is 5.38 Å². The van der Waals surface area contributed by atoms with Crippen LogP contribution in [0.15, 0.2) is 16.3 Å². The van der Waals surface area contributed by atoms with Gasteiger partial charge < -0.3 is 14.6 Å². The maximum Gasteiger partial charge on any atom is 0.311 e. The summed E-state index contributed by atoms with van der Waals surface area (Å²) in [5.74, 6) is 0.245. The molecule has 7 nitrogen and oxygen atoms in total. The molecule has 0 aliphatic heterocycles. The lowest BCUT2D eigenvalue weighted by Crippen LogP contribution is -2.05. The Morgan fingerprint density at radius 1 is 1.65 bits per heavy atom. The van der Waals surface area contributed by atoms with Crippen molar-refractivity contribution in [2.75, 3.05) is 12.4 Å². The third-order valence-corrected chi connectivity index (χ3v) is 2.76. The first kappa shape index (κ1) is 11.5. The molecule has 17 heavy (non-hydrogen) atoms. The van der Waals surface area contributed by atoms with Crippen molar-refractivity contribution in [3.63, 3.8) is 0 Å². The van der Waals surface area contributed by atoms with Crippen molar-refractivity contribution >= 4 is 22.4 Å². The molecule has 0 saturated carbocycles. The molecule has 0 unspecified atom stereocenters. The number of thiazole rings is 1. The van der Waals surface area contributed by atoms with E-state index in [0.717, 1.165) is 0 Å². The number of ether oxygens (including phenoxy) is 1. The van der Waals surface area contributed by atoms with Gasteiger partial charge in [-0.05, 0) is 0 Å². The van der Waals surface area contributed by atoms with Crippen LogP contribution >= 0.6 is 11.3 Å². The van der Waals surface area contributed by atoms with Gasteiger partial charge in [0.25, 0.3) is 0 Å². The molecule has 0 atom stereocenters. The molecule has 0 spiro atoms. The first-order valence-electron chi connectivity index (χ1n) is 4.78. The highest BCUT2D eigenvalue weighted by atomic mass is 32.1. The van der Waals surface area contributed by atoms with Crippen LogP contribution in [-0.4, -0.2) is 28.2 Å². The van der Waals surface area contributed by atoms with Gasteiger partial charge in [-0.1, -0.05) is 5.16 Å². The van der Waals surface area contributed by atoms with E-state index >= 15 is 0 Å². The normalized spacial score (nSPS) is 10.2. The first-order valence-corrected chi connectivity index (χ1v) is 5.66. The van der Waals surface area contributed by atoms with Gasteiger partial charge in [0.15, 0.2) is 11.0 Å². The third kappa shape index (κ3) is 3.25. The Morgan fingerprint density at radius 2 is 2.53 bits per heavy atom. The highest BCUT2D eigenvalue weighted by Gasteiger charge is 2.07. The second kappa shape index (κ2) is 5.39. The lowest BCUT2D eigenvalue weighted by atomic mass is 10.3. The summed E-state index contributed by atoms with van der Waals surface area (Å²) in [5, 5.41) is 9.19. The number of anilines is 1. The van der Waals surface area contributed by atoms with E-state index in [2.05, 4.69) is 29.7 Å². The first-order chi connectivity index (χ1) is 8.28. The summed E-state index contributed by atoms with van der Waals surface area (Å²) in [5.41, 5.74) is 0.678. The predicted octanol–water partition coefficient (Wildman–Crippen LogP) is 0.854. The van der Waals surface area contributed by atoms with Crippen molar-refractivity contribution in [2.45, 2.75) is 13.0 Å². The van der Waals surface area contributed by atoms with Gasteiger partial charge in [0.1, 0.15) is 0 Å². The zero-order chi connectivity index (χ0) is 12.1. The van der Waals surface area contributed by atoms with E-state index in [4.69, 9.17) is 0 Å². The monoisotopic (exact) mass is 254 g/mol. The Hall–Kier alpha value is -1.96. The van der Waals surface area contributed by atoms with Crippen LogP contribution in [0.5, 0.6) is 0 Å². The molecule has 2 aromatic rings. The van der Waals surface area contributed by atoms with Crippen LogP contribution in [-0.2, 0) is 22.5 Å². The largest absolute Gasteiger partial charge is 0.469 e. The van der Waals surface area contributed by atoms with E-state index in [-0.39, 0.29) is 12.4 Å². The van der Waals surface area contributed by atoms with Crippen molar-refractivity contribution < 1.29 is 14.1 Å². The SMILES string of the molecule is COC(=O)Cc1csc(NCc2ncon2)n1. The van der Waals surface area contributed by atoms with Gasteiger partial charge in [-0.3, -0.25) is 4.79 Å². The Morgan fingerprint density at radius 3 is 3.24 bits per heavy atom. The van der Waals surface area contributed by atoms with E-state index in [0.29, 0.717) is 23.2 Å². The van der Waals surface area contributed by atoms with Crippen molar-refractivity contribution in [3.8, 4) is 0 Å². The number of rotatable bonds is 5. The maximum absolute atomic E-state index is 11.0. The van der Waals surface area contributed by atoms with Gasteiger partial charge in [-0.25, -0.2) is 4.98 Å². The third-order valence-electron chi connectivity index (χ3n) is 1.91. The molecule has 2 aromatic heterocycles. The summed E-state index contributed by atoms with van der Waals surface area (Å²) in [6, 6.07) is 0. The van der Waals surface area contributed by atoms with E-state index in [1.807, 2.05) is 0 Å². The highest BCUT2D eigenvalue weighted by molar-refractivity contribution is 7.13. The summed E-state index contributed by atoms with van der Waals surface area (Å²) in [4.78, 5) is 19.1. The minimum Gasteiger partial charge on any atom is -0.469 e. The number of esters is 1. The molecule has 8 heteroatoms. The second-order valence-corrected chi connectivity index (χ2v) is 3.96. The fraction of sp³-hybridized carbons (Fsp3) is 0.333. The zero-order valence-corrected chi connectivity index (χ0v) is 9.86. The zero-order valence-electron chi connectivity index (χ0n) is 9.04. The number of carbonyl (C=O) groups excluding carboxylic acids is 1. The molecule has 0 fully saturated rings. The van der Waals surface area contributed by atoms with Gasteiger partial charge in [0.05, 0.1) is 25.8 Å². The Kier molecular flexibility index (Phi) is 3.66. The maximum atomic E-state index is 11.0. The number of hydrogen-bond donors (Lipinski definition) is 1. The molecule has 0 aliphatic carbocycles. The molecule has 0 aliphatic rings. The van der Waals surface area contributed by atoms with Gasteiger partial charge >= 0.3 is 5.97 Å². The molecular formula is C9H10N4O3S. The van der Waals surface area contributed by atoms with Crippen LogP contribution in [0.2, 0.25) is 0 Å². The molecular weight excluding hydrogens is 244 g/mol. The van der Waals surface area contributed by atoms with Crippen LogP contribution in [0.1, 0.15) is 11.5 Å². The Labute approximate surface area is 101 Å². The van der Waals surface area contributed by atoms with Crippen molar-refractivity contribution in [3.05, 3.63) is 23.3 Å². The summed E-state index contributed by atoms with van der Waals surface area (Å²) in [6.45, 7) is 0.432. The molecule has 0 saturated heterocycles.